The number of nitrogens with one attached hydrogen (secondary N) is 1. The number of hydrogen-bond acceptors (Lipinski definition) is 3. The van der Waals surface area contributed by atoms with E-state index in [-0.39, 0.29) is 0 Å². The number of aryl methyl sites for hydroxylation is 1. The molecule has 0 aliphatic carbocycles. The number of anilines is 1. The highest BCUT2D eigenvalue weighted by molar-refractivity contribution is 7.09. The molecule has 0 bridgehead atoms. The quantitative estimate of drug-likeness (QED) is 0.696. The van der Waals surface area contributed by atoms with Gasteiger partial charge >= 0.3 is 0 Å². The molecule has 0 amide bonds. The molecule has 0 atom stereocenters. The normalized spacial score (nSPS) is 14.3. The first-order valence-corrected chi connectivity index (χ1v) is 8.76. The smallest absolute Gasteiger partial charge is 0.198 e. The van der Waals surface area contributed by atoms with Gasteiger partial charge < -0.3 is 10.2 Å². The van der Waals surface area contributed by atoms with E-state index < -0.39 is 0 Å². The Labute approximate surface area is 135 Å². The van der Waals surface area contributed by atoms with Crippen molar-refractivity contribution in [1.29, 1.82) is 0 Å². The van der Waals surface area contributed by atoms with Gasteiger partial charge in [-0.25, -0.2) is 9.98 Å². The first kappa shape index (κ1) is 15.0. The molecular weight excluding hydrogens is 292 g/mol. The Bertz CT molecular complexity index is 662. The third-order valence-corrected chi connectivity index (χ3v) is 4.81. The minimum atomic E-state index is 0.636. The Hall–Kier alpha value is -1.88. The molecule has 0 radical (unpaired) electrons. The molecule has 1 aliphatic heterocycles. The fourth-order valence-electron chi connectivity index (χ4n) is 2.69. The van der Waals surface area contributed by atoms with Crippen LogP contribution in [-0.4, -0.2) is 24.0 Å². The molecule has 0 saturated heterocycles. The highest BCUT2D eigenvalue weighted by Crippen LogP contribution is 2.27. The minimum absolute atomic E-state index is 0.636. The van der Waals surface area contributed by atoms with Crippen molar-refractivity contribution in [3.8, 4) is 0 Å². The van der Waals surface area contributed by atoms with Crippen LogP contribution in [0.15, 0.2) is 34.6 Å². The zero-order chi connectivity index (χ0) is 15.4. The maximum absolute atomic E-state index is 4.79. The Kier molecular flexibility index (Phi) is 4.73. The predicted molar refractivity (Wildman–Crippen MR) is 93.8 cm³/mol. The Balaban J connectivity index is 1.79. The SMILES string of the molecule is CCNC(=NCc1csc(CC)n1)N1CCc2ccccc21. The highest BCUT2D eigenvalue weighted by Gasteiger charge is 2.22. The van der Waals surface area contributed by atoms with Crippen LogP contribution in [0.3, 0.4) is 0 Å². The summed E-state index contributed by atoms with van der Waals surface area (Å²) in [6.45, 7) is 6.74. The van der Waals surface area contributed by atoms with Gasteiger partial charge in [0.25, 0.3) is 0 Å². The third-order valence-electron chi connectivity index (χ3n) is 3.77. The van der Waals surface area contributed by atoms with Crippen molar-refractivity contribution in [2.75, 3.05) is 18.0 Å². The minimum Gasteiger partial charge on any atom is -0.356 e. The van der Waals surface area contributed by atoms with Gasteiger partial charge in [0.15, 0.2) is 5.96 Å². The van der Waals surface area contributed by atoms with Crippen molar-refractivity contribution in [3.05, 3.63) is 45.9 Å². The van der Waals surface area contributed by atoms with Crippen molar-refractivity contribution in [3.63, 3.8) is 0 Å². The summed E-state index contributed by atoms with van der Waals surface area (Å²) >= 11 is 1.72. The largest absolute Gasteiger partial charge is 0.356 e. The third kappa shape index (κ3) is 3.14. The zero-order valence-corrected chi connectivity index (χ0v) is 14.0. The molecule has 2 aromatic rings. The highest BCUT2D eigenvalue weighted by atomic mass is 32.1. The van der Waals surface area contributed by atoms with Crippen LogP contribution in [0.5, 0.6) is 0 Å². The van der Waals surface area contributed by atoms with E-state index in [1.165, 1.54) is 16.3 Å². The van der Waals surface area contributed by atoms with Crippen molar-refractivity contribution in [2.45, 2.75) is 33.2 Å². The summed E-state index contributed by atoms with van der Waals surface area (Å²) < 4.78 is 0. The molecule has 22 heavy (non-hydrogen) atoms. The van der Waals surface area contributed by atoms with Crippen LogP contribution in [0.4, 0.5) is 5.69 Å². The first-order chi connectivity index (χ1) is 10.8. The first-order valence-electron chi connectivity index (χ1n) is 7.88. The molecule has 1 N–H and O–H groups in total. The molecule has 1 aliphatic rings. The zero-order valence-electron chi connectivity index (χ0n) is 13.2. The van der Waals surface area contributed by atoms with Gasteiger partial charge in [0.05, 0.1) is 17.2 Å². The van der Waals surface area contributed by atoms with Gasteiger partial charge in [-0.15, -0.1) is 11.3 Å². The molecule has 116 valence electrons. The molecule has 3 rings (SSSR count). The number of aliphatic imine (C=N–C) groups is 1. The fraction of sp³-hybridized carbons (Fsp3) is 0.412. The second-order valence-corrected chi connectivity index (χ2v) is 6.23. The lowest BCUT2D eigenvalue weighted by atomic mass is 10.2. The van der Waals surface area contributed by atoms with E-state index in [1.807, 2.05) is 0 Å². The van der Waals surface area contributed by atoms with Crippen LogP contribution in [0.2, 0.25) is 0 Å². The number of guanidine groups is 1. The van der Waals surface area contributed by atoms with E-state index in [4.69, 9.17) is 4.99 Å². The molecule has 1 aromatic heterocycles. The lowest BCUT2D eigenvalue weighted by Crippen LogP contribution is -2.40. The molecule has 0 unspecified atom stereocenters. The Morgan fingerprint density at radius 3 is 3.00 bits per heavy atom. The van der Waals surface area contributed by atoms with Crippen molar-refractivity contribution < 1.29 is 0 Å². The predicted octanol–water partition coefficient (Wildman–Crippen LogP) is 3.23. The van der Waals surface area contributed by atoms with Gasteiger partial charge in [-0.1, -0.05) is 25.1 Å². The maximum Gasteiger partial charge on any atom is 0.198 e. The summed E-state index contributed by atoms with van der Waals surface area (Å²) in [6, 6.07) is 8.57. The number of thiazole rings is 1. The molecule has 0 spiro atoms. The molecule has 5 heteroatoms. The molecule has 1 aromatic carbocycles. The summed E-state index contributed by atoms with van der Waals surface area (Å²) in [5.74, 6) is 0.957. The van der Waals surface area contributed by atoms with Crippen molar-refractivity contribution >= 4 is 23.0 Å². The second-order valence-electron chi connectivity index (χ2n) is 5.29. The molecule has 0 saturated carbocycles. The number of aromatic nitrogens is 1. The number of rotatable bonds is 4. The average Bonchev–Trinajstić information content (AvgIpc) is 3.18. The van der Waals surface area contributed by atoms with Crippen LogP contribution in [0.1, 0.15) is 30.1 Å². The standard InChI is InChI=1S/C17H22N4S/c1-3-16-20-14(12-22-16)11-19-17(18-4-2)21-10-9-13-7-5-6-8-15(13)21/h5-8,12H,3-4,9-11H2,1-2H3,(H,18,19). The van der Waals surface area contributed by atoms with Gasteiger partial charge in [0, 0.05) is 24.2 Å². The van der Waals surface area contributed by atoms with Crippen LogP contribution in [0, 0.1) is 0 Å². The molecule has 2 heterocycles. The molecular formula is C17H22N4S. The van der Waals surface area contributed by atoms with Crippen LogP contribution in [-0.2, 0) is 19.4 Å². The second kappa shape index (κ2) is 6.92. The monoisotopic (exact) mass is 314 g/mol. The van der Waals surface area contributed by atoms with E-state index in [0.717, 1.165) is 37.6 Å². The van der Waals surface area contributed by atoms with Gasteiger partial charge in [-0.05, 0) is 31.4 Å². The number of fused-ring (bicyclic) bond motifs is 1. The summed E-state index contributed by atoms with van der Waals surface area (Å²) in [5.41, 5.74) is 3.73. The average molecular weight is 314 g/mol. The topological polar surface area (TPSA) is 40.5 Å². The van der Waals surface area contributed by atoms with Gasteiger partial charge in [0.2, 0.25) is 0 Å². The lowest BCUT2D eigenvalue weighted by molar-refractivity contribution is 0.873. The molecule has 0 fully saturated rings. The van der Waals surface area contributed by atoms with E-state index in [2.05, 4.69) is 58.7 Å². The number of hydrogen-bond donors (Lipinski definition) is 1. The Morgan fingerprint density at radius 2 is 2.23 bits per heavy atom. The van der Waals surface area contributed by atoms with Crippen molar-refractivity contribution in [1.82, 2.24) is 10.3 Å². The molecule has 4 nitrogen and oxygen atoms in total. The van der Waals surface area contributed by atoms with E-state index >= 15 is 0 Å². The van der Waals surface area contributed by atoms with Gasteiger partial charge in [-0.2, -0.15) is 0 Å². The van der Waals surface area contributed by atoms with Crippen LogP contribution < -0.4 is 10.2 Å². The summed E-state index contributed by atoms with van der Waals surface area (Å²) in [4.78, 5) is 11.7. The van der Waals surface area contributed by atoms with E-state index in [1.54, 1.807) is 11.3 Å². The van der Waals surface area contributed by atoms with Crippen LogP contribution >= 0.6 is 11.3 Å². The lowest BCUT2D eigenvalue weighted by Gasteiger charge is -2.22. The van der Waals surface area contributed by atoms with Crippen LogP contribution in [0.25, 0.3) is 0 Å². The van der Waals surface area contributed by atoms with Gasteiger partial charge in [-0.3, -0.25) is 0 Å². The number of benzene rings is 1. The number of para-hydroxylation sites is 1. The Morgan fingerprint density at radius 1 is 1.36 bits per heavy atom. The van der Waals surface area contributed by atoms with E-state index in [9.17, 15) is 0 Å². The summed E-state index contributed by atoms with van der Waals surface area (Å²) in [5, 5.41) is 6.71. The van der Waals surface area contributed by atoms with Crippen molar-refractivity contribution in [2.24, 2.45) is 4.99 Å². The van der Waals surface area contributed by atoms with Gasteiger partial charge in [0.1, 0.15) is 0 Å². The maximum atomic E-state index is 4.79. The summed E-state index contributed by atoms with van der Waals surface area (Å²) in [7, 11) is 0. The van der Waals surface area contributed by atoms with E-state index in [0.29, 0.717) is 6.54 Å². The summed E-state index contributed by atoms with van der Waals surface area (Å²) in [6.07, 6.45) is 2.07. The fourth-order valence-corrected chi connectivity index (χ4v) is 3.43. The number of nitrogens with zero attached hydrogens (tertiary/aromatic N) is 3.